The molecule has 0 fully saturated rings. The Bertz CT molecular complexity index is 362. The van der Waals surface area contributed by atoms with Crippen molar-refractivity contribution < 1.29 is 5.11 Å². The standard InChI is InChI=1S/C8H9N3O/c9-7-8(12)11-6-4-2-1-3-5(6)10-7/h1-4,7-8,12H,9H2/t7-,8?/m0/s1. The summed E-state index contributed by atoms with van der Waals surface area (Å²) in [5, 5.41) is 10.7. The number of para-hydroxylation sites is 2. The van der Waals surface area contributed by atoms with Gasteiger partial charge < -0.3 is 10.8 Å². The van der Waals surface area contributed by atoms with Gasteiger partial charge in [0.1, 0.15) is 6.17 Å². The maximum Gasteiger partial charge on any atom is 0.181 e. The number of aliphatic hydroxyl groups is 1. The van der Waals surface area contributed by atoms with Crippen LogP contribution in [-0.2, 0) is 0 Å². The van der Waals surface area contributed by atoms with E-state index in [1.54, 1.807) is 6.07 Å². The quantitative estimate of drug-likeness (QED) is 0.491. The van der Waals surface area contributed by atoms with Crippen molar-refractivity contribution >= 4 is 0 Å². The van der Waals surface area contributed by atoms with Gasteiger partial charge in [-0.3, -0.25) is 4.99 Å². The maximum absolute atomic E-state index is 9.24. The minimum atomic E-state index is -0.903. The van der Waals surface area contributed by atoms with Crippen LogP contribution in [0.5, 0.6) is 0 Å². The van der Waals surface area contributed by atoms with E-state index in [1.165, 1.54) is 0 Å². The third-order valence-corrected chi connectivity index (χ3v) is 1.75. The van der Waals surface area contributed by atoms with Gasteiger partial charge in [0.05, 0.1) is 10.7 Å². The zero-order chi connectivity index (χ0) is 8.55. The summed E-state index contributed by atoms with van der Waals surface area (Å²) < 4.78 is 0. The van der Waals surface area contributed by atoms with Crippen LogP contribution in [-0.4, -0.2) is 17.5 Å². The molecule has 0 spiro atoms. The molecule has 1 unspecified atom stereocenters. The molecule has 0 saturated carbocycles. The molecule has 1 aromatic carbocycles. The van der Waals surface area contributed by atoms with E-state index < -0.39 is 12.4 Å². The minimum absolute atomic E-state index is 0.625. The van der Waals surface area contributed by atoms with Gasteiger partial charge in [-0.2, -0.15) is 0 Å². The lowest BCUT2D eigenvalue weighted by molar-refractivity contribution is 0.147. The molecule has 0 saturated heterocycles. The van der Waals surface area contributed by atoms with Crippen LogP contribution < -0.4 is 16.4 Å². The molecule has 0 aromatic heterocycles. The number of aliphatic hydroxyl groups excluding tert-OH is 1. The normalized spacial score (nSPS) is 26.8. The highest BCUT2D eigenvalue weighted by molar-refractivity contribution is 5.03. The van der Waals surface area contributed by atoms with Crippen molar-refractivity contribution in [3.8, 4) is 0 Å². The Morgan fingerprint density at radius 3 is 2.42 bits per heavy atom. The third-order valence-electron chi connectivity index (χ3n) is 1.75. The van der Waals surface area contributed by atoms with Crippen molar-refractivity contribution in [1.29, 1.82) is 0 Å². The number of nitrogens with two attached hydrogens (primary N) is 1. The van der Waals surface area contributed by atoms with Crippen molar-refractivity contribution in [3.05, 3.63) is 35.0 Å². The van der Waals surface area contributed by atoms with Gasteiger partial charge in [-0.1, -0.05) is 12.1 Å². The van der Waals surface area contributed by atoms with Crippen LogP contribution in [0.4, 0.5) is 0 Å². The molecule has 4 heteroatoms. The third kappa shape index (κ3) is 1.11. The second-order valence-corrected chi connectivity index (χ2v) is 2.65. The molecule has 2 rings (SSSR count). The van der Waals surface area contributed by atoms with Gasteiger partial charge in [0.15, 0.2) is 6.23 Å². The predicted octanol–water partition coefficient (Wildman–Crippen LogP) is -1.46. The smallest absolute Gasteiger partial charge is 0.181 e. The summed E-state index contributed by atoms with van der Waals surface area (Å²) in [5.41, 5.74) is 5.48. The molecule has 12 heavy (non-hydrogen) atoms. The maximum atomic E-state index is 9.24. The fourth-order valence-electron chi connectivity index (χ4n) is 1.13. The summed E-state index contributed by atoms with van der Waals surface area (Å²) in [4.78, 5) is 8.02. The average Bonchev–Trinajstić information content (AvgIpc) is 2.07. The predicted molar refractivity (Wildman–Crippen MR) is 42.7 cm³/mol. The van der Waals surface area contributed by atoms with Gasteiger partial charge >= 0.3 is 0 Å². The summed E-state index contributed by atoms with van der Waals surface area (Å²) in [5.74, 6) is 0. The van der Waals surface area contributed by atoms with Crippen molar-refractivity contribution in [2.24, 2.45) is 15.7 Å². The first-order valence-electron chi connectivity index (χ1n) is 3.72. The molecule has 0 bridgehead atoms. The first kappa shape index (κ1) is 7.39. The van der Waals surface area contributed by atoms with Crippen LogP contribution >= 0.6 is 0 Å². The van der Waals surface area contributed by atoms with Crippen LogP contribution in [0, 0.1) is 0 Å². The summed E-state index contributed by atoms with van der Waals surface area (Å²) >= 11 is 0. The van der Waals surface area contributed by atoms with Crippen molar-refractivity contribution in [1.82, 2.24) is 0 Å². The van der Waals surface area contributed by atoms with E-state index in [-0.39, 0.29) is 0 Å². The second-order valence-electron chi connectivity index (χ2n) is 2.65. The molecule has 0 aliphatic carbocycles. The molecule has 4 nitrogen and oxygen atoms in total. The summed E-state index contributed by atoms with van der Waals surface area (Å²) in [7, 11) is 0. The molecule has 1 aliphatic heterocycles. The van der Waals surface area contributed by atoms with E-state index in [0.717, 1.165) is 5.36 Å². The molecule has 0 radical (unpaired) electrons. The number of nitrogens with zero attached hydrogens (tertiary/aromatic N) is 2. The Kier molecular flexibility index (Phi) is 1.64. The van der Waals surface area contributed by atoms with Gasteiger partial charge in [0, 0.05) is 0 Å². The van der Waals surface area contributed by atoms with Crippen molar-refractivity contribution in [2.75, 3.05) is 0 Å². The molecule has 1 aromatic rings. The highest BCUT2D eigenvalue weighted by Crippen LogP contribution is 1.93. The first-order chi connectivity index (χ1) is 5.77. The summed E-state index contributed by atoms with van der Waals surface area (Å²) in [6.07, 6.45) is -1.53. The van der Waals surface area contributed by atoms with Crippen LogP contribution in [0.2, 0.25) is 0 Å². The van der Waals surface area contributed by atoms with Gasteiger partial charge in [0.25, 0.3) is 0 Å². The average molecular weight is 163 g/mol. The van der Waals surface area contributed by atoms with Crippen LogP contribution in [0.3, 0.4) is 0 Å². The minimum Gasteiger partial charge on any atom is -0.369 e. The van der Waals surface area contributed by atoms with Crippen LogP contribution in [0.15, 0.2) is 34.3 Å². The Labute approximate surface area is 69.1 Å². The lowest BCUT2D eigenvalue weighted by atomic mass is 10.3. The van der Waals surface area contributed by atoms with E-state index in [0.29, 0.717) is 5.36 Å². The fraction of sp³-hybridized carbons (Fsp3) is 0.250. The van der Waals surface area contributed by atoms with Gasteiger partial charge in [-0.25, -0.2) is 4.99 Å². The SMILES string of the molecule is N[C@H]1N=c2ccccc2=NC1O. The molecule has 1 heterocycles. The van der Waals surface area contributed by atoms with Gasteiger partial charge in [0.2, 0.25) is 0 Å². The number of rotatable bonds is 0. The van der Waals surface area contributed by atoms with Crippen LogP contribution in [0.1, 0.15) is 0 Å². The Morgan fingerprint density at radius 1 is 1.17 bits per heavy atom. The zero-order valence-corrected chi connectivity index (χ0v) is 6.38. The lowest BCUT2D eigenvalue weighted by Crippen LogP contribution is -2.43. The van der Waals surface area contributed by atoms with Crippen LogP contribution in [0.25, 0.3) is 0 Å². The van der Waals surface area contributed by atoms with Crippen molar-refractivity contribution in [2.45, 2.75) is 12.4 Å². The monoisotopic (exact) mass is 163 g/mol. The number of benzene rings is 1. The van der Waals surface area contributed by atoms with E-state index >= 15 is 0 Å². The Balaban J connectivity index is 2.70. The molecule has 62 valence electrons. The van der Waals surface area contributed by atoms with E-state index in [1.807, 2.05) is 18.2 Å². The molecule has 0 amide bonds. The number of hydrogen-bond acceptors (Lipinski definition) is 4. The highest BCUT2D eigenvalue weighted by Gasteiger charge is 2.14. The molecule has 1 aliphatic rings. The molecular weight excluding hydrogens is 154 g/mol. The Hall–Kier alpha value is -1.26. The van der Waals surface area contributed by atoms with Gasteiger partial charge in [-0.05, 0) is 12.1 Å². The van der Waals surface area contributed by atoms with E-state index in [9.17, 15) is 5.11 Å². The first-order valence-corrected chi connectivity index (χ1v) is 3.72. The number of hydrogen-bond donors (Lipinski definition) is 2. The fourth-order valence-corrected chi connectivity index (χ4v) is 1.13. The second kappa shape index (κ2) is 2.66. The highest BCUT2D eigenvalue weighted by atomic mass is 16.3. The summed E-state index contributed by atoms with van der Waals surface area (Å²) in [6.45, 7) is 0. The Morgan fingerprint density at radius 2 is 1.75 bits per heavy atom. The molecule has 2 atom stereocenters. The number of fused-ring (bicyclic) bond motifs is 1. The molecular formula is C8H9N3O. The summed E-state index contributed by atoms with van der Waals surface area (Å²) in [6, 6.07) is 7.34. The van der Waals surface area contributed by atoms with E-state index in [2.05, 4.69) is 9.98 Å². The lowest BCUT2D eigenvalue weighted by Gasteiger charge is -2.13. The van der Waals surface area contributed by atoms with Gasteiger partial charge in [-0.15, -0.1) is 0 Å². The van der Waals surface area contributed by atoms with E-state index in [4.69, 9.17) is 5.73 Å². The molecule has 3 N–H and O–H groups in total. The topological polar surface area (TPSA) is 71.0 Å². The zero-order valence-electron chi connectivity index (χ0n) is 6.38. The van der Waals surface area contributed by atoms with Crippen molar-refractivity contribution in [3.63, 3.8) is 0 Å². The largest absolute Gasteiger partial charge is 0.369 e.